The summed E-state index contributed by atoms with van der Waals surface area (Å²) in [4.78, 5) is 14.4. The normalized spacial score (nSPS) is 14.3. The maximum atomic E-state index is 13.0. The monoisotopic (exact) mass is 410 g/mol. The summed E-state index contributed by atoms with van der Waals surface area (Å²) in [5.41, 5.74) is 3.79. The van der Waals surface area contributed by atoms with Gasteiger partial charge in [0.15, 0.2) is 0 Å². The summed E-state index contributed by atoms with van der Waals surface area (Å²) in [7, 11) is 0. The molecule has 0 fully saturated rings. The average Bonchev–Trinajstić information content (AvgIpc) is 2.66. The van der Waals surface area contributed by atoms with E-state index < -0.39 is 0 Å². The minimum absolute atomic E-state index is 0.210. The fourth-order valence-corrected chi connectivity index (χ4v) is 5.33. The van der Waals surface area contributed by atoms with Gasteiger partial charge in [-0.2, -0.15) is 0 Å². The molecule has 0 N–H and O–H groups in total. The van der Waals surface area contributed by atoms with E-state index in [0.717, 1.165) is 0 Å². The first-order valence-corrected chi connectivity index (χ1v) is 11.8. The van der Waals surface area contributed by atoms with E-state index >= 15 is 0 Å². The van der Waals surface area contributed by atoms with Gasteiger partial charge in [0.25, 0.3) is 0 Å². The largest absolute Gasteiger partial charge is 0.299 e. The molecule has 158 valence electrons. The topological polar surface area (TPSA) is 17.1 Å². The van der Waals surface area contributed by atoms with E-state index in [1.165, 1.54) is 21.6 Å². The first-order chi connectivity index (χ1) is 13.5. The Morgan fingerprint density at radius 1 is 0.828 bits per heavy atom. The number of thioether (sulfide) groups is 1. The highest BCUT2D eigenvalue weighted by Crippen LogP contribution is 2.43. The van der Waals surface area contributed by atoms with Crippen molar-refractivity contribution in [3.05, 3.63) is 65.2 Å². The minimum Gasteiger partial charge on any atom is -0.299 e. The number of rotatable bonds is 8. The number of hydrogen-bond donors (Lipinski definition) is 0. The summed E-state index contributed by atoms with van der Waals surface area (Å²) < 4.78 is 0. The van der Waals surface area contributed by atoms with Crippen molar-refractivity contribution in [3.8, 4) is 0 Å². The Balaban J connectivity index is 2.49. The second kappa shape index (κ2) is 9.98. The van der Waals surface area contributed by atoms with Crippen molar-refractivity contribution in [2.24, 2.45) is 5.41 Å². The third-order valence-corrected chi connectivity index (χ3v) is 7.28. The van der Waals surface area contributed by atoms with E-state index in [-0.39, 0.29) is 10.7 Å². The molecule has 0 saturated heterocycles. The van der Waals surface area contributed by atoms with E-state index in [1.54, 1.807) is 0 Å². The average molecular weight is 411 g/mol. The van der Waals surface area contributed by atoms with Crippen LogP contribution in [0, 0.1) is 5.41 Å². The van der Waals surface area contributed by atoms with E-state index in [2.05, 4.69) is 83.1 Å². The Bertz CT molecular complexity index is 773. The molecular formula is C27H38OS. The highest BCUT2D eigenvalue weighted by Gasteiger charge is 2.30. The Labute approximate surface area is 182 Å². The molecule has 2 heteroatoms. The van der Waals surface area contributed by atoms with Gasteiger partial charge in [-0.1, -0.05) is 104 Å². The van der Waals surface area contributed by atoms with Crippen molar-refractivity contribution in [3.63, 3.8) is 0 Å². The Kier molecular flexibility index (Phi) is 8.17. The van der Waals surface area contributed by atoms with Gasteiger partial charge in [-0.25, -0.2) is 0 Å². The van der Waals surface area contributed by atoms with Crippen molar-refractivity contribution < 1.29 is 4.79 Å². The van der Waals surface area contributed by atoms with Gasteiger partial charge in [0.05, 0.1) is 0 Å². The Hall–Kier alpha value is -1.54. The van der Waals surface area contributed by atoms with Crippen LogP contribution in [0.2, 0.25) is 0 Å². The molecule has 2 rings (SSSR count). The number of ketones is 1. The van der Waals surface area contributed by atoms with Crippen LogP contribution in [0.4, 0.5) is 0 Å². The molecule has 0 amide bonds. The molecular weight excluding hydrogens is 372 g/mol. The zero-order valence-corrected chi connectivity index (χ0v) is 20.3. The van der Waals surface area contributed by atoms with E-state index in [0.29, 0.717) is 30.0 Å². The summed E-state index contributed by atoms with van der Waals surface area (Å²) in [6.45, 7) is 17.4. The van der Waals surface area contributed by atoms with Crippen LogP contribution in [0.25, 0.3) is 0 Å². The van der Waals surface area contributed by atoms with Crippen molar-refractivity contribution in [1.29, 1.82) is 0 Å². The van der Waals surface area contributed by atoms with Crippen LogP contribution in [0.15, 0.2) is 53.4 Å². The molecule has 0 aliphatic rings. The molecule has 2 aromatic rings. The lowest BCUT2D eigenvalue weighted by Crippen LogP contribution is -2.26. The Morgan fingerprint density at radius 3 is 1.79 bits per heavy atom. The summed E-state index contributed by atoms with van der Waals surface area (Å²) in [5, 5.41) is 0.210. The highest BCUT2D eigenvalue weighted by molar-refractivity contribution is 8.00. The smallest absolute Gasteiger partial charge is 0.139 e. The maximum absolute atomic E-state index is 13.0. The van der Waals surface area contributed by atoms with E-state index in [1.807, 2.05) is 32.5 Å². The van der Waals surface area contributed by atoms with Crippen molar-refractivity contribution >= 4 is 17.5 Å². The van der Waals surface area contributed by atoms with E-state index in [9.17, 15) is 4.79 Å². The van der Waals surface area contributed by atoms with Crippen LogP contribution in [0.3, 0.4) is 0 Å². The van der Waals surface area contributed by atoms with Crippen LogP contribution in [0.1, 0.15) is 96.3 Å². The van der Waals surface area contributed by atoms with Crippen LogP contribution >= 0.6 is 11.8 Å². The molecule has 0 saturated carbocycles. The Morgan fingerprint density at radius 2 is 1.34 bits per heavy atom. The maximum Gasteiger partial charge on any atom is 0.139 e. The first kappa shape index (κ1) is 23.7. The van der Waals surface area contributed by atoms with Crippen molar-refractivity contribution in [2.75, 3.05) is 0 Å². The lowest BCUT2D eigenvalue weighted by Gasteiger charge is -2.29. The second-order valence-electron chi connectivity index (χ2n) is 9.81. The number of benzene rings is 2. The lowest BCUT2D eigenvalue weighted by molar-refractivity contribution is -0.126. The second-order valence-corrected chi connectivity index (χ2v) is 11.1. The molecule has 2 atom stereocenters. The molecule has 29 heavy (non-hydrogen) atoms. The van der Waals surface area contributed by atoms with Gasteiger partial charge in [0, 0.05) is 22.0 Å². The zero-order chi connectivity index (χ0) is 21.8. The fraction of sp³-hybridized carbons (Fsp3) is 0.519. The van der Waals surface area contributed by atoms with Gasteiger partial charge in [-0.05, 0) is 34.4 Å². The minimum atomic E-state index is -0.312. The molecule has 0 heterocycles. The molecule has 2 aromatic carbocycles. The van der Waals surface area contributed by atoms with Gasteiger partial charge in [0.2, 0.25) is 0 Å². The predicted molar refractivity (Wildman–Crippen MR) is 128 cm³/mol. The fourth-order valence-electron chi connectivity index (χ4n) is 3.55. The predicted octanol–water partition coefficient (Wildman–Crippen LogP) is 8.20. The third kappa shape index (κ3) is 6.22. The highest BCUT2D eigenvalue weighted by atomic mass is 32.2. The van der Waals surface area contributed by atoms with E-state index in [4.69, 9.17) is 0 Å². The summed E-state index contributed by atoms with van der Waals surface area (Å²) in [6.07, 6.45) is 0.591. The van der Waals surface area contributed by atoms with Crippen LogP contribution in [-0.4, -0.2) is 11.0 Å². The number of carbonyl (C=O) groups excluding carboxylic acids is 1. The lowest BCUT2D eigenvalue weighted by atomic mass is 9.85. The van der Waals surface area contributed by atoms with Gasteiger partial charge < -0.3 is 0 Å². The summed E-state index contributed by atoms with van der Waals surface area (Å²) in [5.74, 6) is 1.56. The van der Waals surface area contributed by atoms with Crippen LogP contribution < -0.4 is 0 Å². The number of Topliss-reactive ketones (excluding diaryl/α,β-unsaturated/α-hetero) is 1. The zero-order valence-electron chi connectivity index (χ0n) is 19.5. The van der Waals surface area contributed by atoms with Crippen molar-refractivity contribution in [2.45, 2.75) is 89.7 Å². The van der Waals surface area contributed by atoms with Crippen molar-refractivity contribution in [1.82, 2.24) is 0 Å². The summed E-state index contributed by atoms with van der Waals surface area (Å²) >= 11 is 1.93. The molecule has 0 unspecified atom stereocenters. The molecule has 0 aliphatic carbocycles. The molecule has 1 nitrogen and oxygen atoms in total. The molecule has 0 bridgehead atoms. The number of hydrogen-bond acceptors (Lipinski definition) is 2. The molecule has 0 aromatic heterocycles. The molecule has 0 spiro atoms. The standard InChI is InChI=1S/C27H38OS/c1-18(2)22-15-12-16-23(19(3)4)26(22)29-24(17-25(28)27(6,7)8)20(5)21-13-10-9-11-14-21/h9-16,18-20,24H,17H2,1-8H3/t20-,24-/m1/s1. The molecule has 0 aliphatic heterocycles. The SMILES string of the molecule is CC(C)c1cccc(C(C)C)c1S[C@H](CC(=O)C(C)(C)C)[C@H](C)c1ccccc1. The first-order valence-electron chi connectivity index (χ1n) is 10.9. The van der Waals surface area contributed by atoms with Crippen LogP contribution in [0.5, 0.6) is 0 Å². The summed E-state index contributed by atoms with van der Waals surface area (Å²) in [6, 6.07) is 17.3. The molecule has 0 radical (unpaired) electrons. The van der Waals surface area contributed by atoms with Gasteiger partial charge in [-0.15, -0.1) is 11.8 Å². The third-order valence-electron chi connectivity index (χ3n) is 5.70. The van der Waals surface area contributed by atoms with Gasteiger partial charge >= 0.3 is 0 Å². The number of carbonyl (C=O) groups is 1. The van der Waals surface area contributed by atoms with Gasteiger partial charge in [0.1, 0.15) is 5.78 Å². The quantitative estimate of drug-likeness (QED) is 0.408. The van der Waals surface area contributed by atoms with Gasteiger partial charge in [-0.3, -0.25) is 4.79 Å². The van der Waals surface area contributed by atoms with Crippen LogP contribution in [-0.2, 0) is 4.79 Å².